The Morgan fingerprint density at radius 3 is 2.50 bits per heavy atom. The molecule has 2 aromatic rings. The van der Waals surface area contributed by atoms with Crippen molar-refractivity contribution >= 4 is 34.6 Å². The van der Waals surface area contributed by atoms with Crippen LogP contribution < -0.4 is 5.32 Å². The first-order valence-corrected chi connectivity index (χ1v) is 8.38. The monoisotopic (exact) mass is 333 g/mol. The third-order valence-electron chi connectivity index (χ3n) is 3.56. The van der Waals surface area contributed by atoms with Gasteiger partial charge >= 0.3 is 0 Å². The van der Waals surface area contributed by atoms with Crippen LogP contribution in [0.4, 0.5) is 5.69 Å². The Labute approximate surface area is 144 Å². The van der Waals surface area contributed by atoms with Gasteiger partial charge in [-0.15, -0.1) is 0 Å². The summed E-state index contributed by atoms with van der Waals surface area (Å²) in [7, 11) is 0. The van der Waals surface area contributed by atoms with Crippen molar-refractivity contribution in [3.8, 4) is 6.07 Å². The highest BCUT2D eigenvalue weighted by Crippen LogP contribution is 2.28. The molecule has 24 heavy (non-hydrogen) atoms. The first-order chi connectivity index (χ1) is 11.7. The molecule has 0 radical (unpaired) electrons. The average molecular weight is 333 g/mol. The van der Waals surface area contributed by atoms with Gasteiger partial charge in [0.25, 0.3) is 5.91 Å². The molecule has 118 valence electrons. The normalized spacial score (nSPS) is 17.1. The summed E-state index contributed by atoms with van der Waals surface area (Å²) in [5.74, 6) is -0.159. The Morgan fingerprint density at radius 2 is 1.88 bits per heavy atom. The van der Waals surface area contributed by atoms with E-state index in [1.54, 1.807) is 18.2 Å². The van der Waals surface area contributed by atoms with Gasteiger partial charge in [0.05, 0.1) is 22.2 Å². The average Bonchev–Trinajstić information content (AvgIpc) is 2.95. The molecule has 0 aromatic heterocycles. The molecular formula is C19H15N3OS. The molecule has 0 atom stereocenters. The molecule has 0 aliphatic carbocycles. The van der Waals surface area contributed by atoms with Crippen LogP contribution in [0.25, 0.3) is 6.08 Å². The number of rotatable bonds is 3. The maximum Gasteiger partial charge on any atom is 0.264 e. The maximum atomic E-state index is 12.1. The molecule has 1 heterocycles. The number of amidine groups is 1. The molecule has 1 saturated heterocycles. The summed E-state index contributed by atoms with van der Waals surface area (Å²) in [5, 5.41) is 12.2. The van der Waals surface area contributed by atoms with Gasteiger partial charge < -0.3 is 5.32 Å². The third-order valence-corrected chi connectivity index (χ3v) is 4.47. The topological polar surface area (TPSA) is 65.2 Å². The molecule has 0 unspecified atom stereocenters. The van der Waals surface area contributed by atoms with E-state index in [1.165, 1.54) is 17.3 Å². The lowest BCUT2D eigenvalue weighted by atomic mass is 10.1. The van der Waals surface area contributed by atoms with Crippen molar-refractivity contribution in [2.45, 2.75) is 13.3 Å². The van der Waals surface area contributed by atoms with Crippen LogP contribution in [0.3, 0.4) is 0 Å². The fourth-order valence-corrected chi connectivity index (χ4v) is 3.05. The van der Waals surface area contributed by atoms with Crippen molar-refractivity contribution in [1.29, 1.82) is 5.26 Å². The minimum absolute atomic E-state index is 0.159. The maximum absolute atomic E-state index is 12.1. The van der Waals surface area contributed by atoms with E-state index in [1.807, 2.05) is 36.4 Å². The lowest BCUT2D eigenvalue weighted by Crippen LogP contribution is -2.19. The van der Waals surface area contributed by atoms with Gasteiger partial charge in [0, 0.05) is 0 Å². The first kappa shape index (κ1) is 16.0. The van der Waals surface area contributed by atoms with Crippen molar-refractivity contribution in [1.82, 2.24) is 5.32 Å². The van der Waals surface area contributed by atoms with Crippen LogP contribution in [0, 0.1) is 11.3 Å². The SMILES string of the molecule is CCc1ccc(N=C2NC(=O)C(=Cc3ccc(C#N)cc3)S2)cc1. The summed E-state index contributed by atoms with van der Waals surface area (Å²) in [4.78, 5) is 17.1. The summed E-state index contributed by atoms with van der Waals surface area (Å²) in [6.07, 6.45) is 2.78. The van der Waals surface area contributed by atoms with E-state index >= 15 is 0 Å². The smallest absolute Gasteiger partial charge is 0.264 e. The summed E-state index contributed by atoms with van der Waals surface area (Å²) in [5.41, 5.74) is 3.54. The molecule has 1 aliphatic rings. The molecule has 0 saturated carbocycles. The van der Waals surface area contributed by atoms with E-state index in [2.05, 4.69) is 23.3 Å². The zero-order valence-electron chi connectivity index (χ0n) is 13.1. The second-order valence-electron chi connectivity index (χ2n) is 5.24. The molecule has 5 heteroatoms. The van der Waals surface area contributed by atoms with Crippen molar-refractivity contribution < 1.29 is 4.79 Å². The Morgan fingerprint density at radius 1 is 1.17 bits per heavy atom. The van der Waals surface area contributed by atoms with E-state index in [0.29, 0.717) is 15.6 Å². The summed E-state index contributed by atoms with van der Waals surface area (Å²) in [6.45, 7) is 2.11. The molecule has 1 amide bonds. The van der Waals surface area contributed by atoms with E-state index in [-0.39, 0.29) is 5.91 Å². The Bertz CT molecular complexity index is 859. The van der Waals surface area contributed by atoms with Gasteiger partial charge in [-0.25, -0.2) is 4.99 Å². The zero-order chi connectivity index (χ0) is 16.9. The van der Waals surface area contributed by atoms with Gasteiger partial charge in [0.2, 0.25) is 0 Å². The van der Waals surface area contributed by atoms with E-state index in [9.17, 15) is 4.79 Å². The largest absolute Gasteiger partial charge is 0.300 e. The number of hydrogen-bond donors (Lipinski definition) is 1. The second kappa shape index (κ2) is 7.16. The number of aliphatic imine (C=N–C) groups is 1. The highest BCUT2D eigenvalue weighted by Gasteiger charge is 2.23. The number of hydrogen-bond acceptors (Lipinski definition) is 4. The van der Waals surface area contributed by atoms with Crippen LogP contribution in [0.1, 0.15) is 23.6 Å². The fourth-order valence-electron chi connectivity index (χ4n) is 2.21. The number of thioether (sulfide) groups is 1. The molecule has 4 nitrogen and oxygen atoms in total. The van der Waals surface area contributed by atoms with Gasteiger partial charge in [0.15, 0.2) is 5.17 Å². The molecule has 2 aromatic carbocycles. The van der Waals surface area contributed by atoms with E-state index < -0.39 is 0 Å². The molecule has 1 aliphatic heterocycles. The molecule has 0 spiro atoms. The summed E-state index contributed by atoms with van der Waals surface area (Å²) >= 11 is 1.31. The van der Waals surface area contributed by atoms with Crippen LogP contribution in [0.15, 0.2) is 58.4 Å². The predicted molar refractivity (Wildman–Crippen MR) is 97.8 cm³/mol. The molecule has 0 bridgehead atoms. The highest BCUT2D eigenvalue weighted by atomic mass is 32.2. The zero-order valence-corrected chi connectivity index (χ0v) is 13.9. The van der Waals surface area contributed by atoms with Crippen LogP contribution in [-0.2, 0) is 11.2 Å². The Balaban J connectivity index is 1.78. The minimum atomic E-state index is -0.159. The van der Waals surface area contributed by atoms with Crippen LogP contribution >= 0.6 is 11.8 Å². The van der Waals surface area contributed by atoms with E-state index in [0.717, 1.165) is 17.7 Å². The highest BCUT2D eigenvalue weighted by molar-refractivity contribution is 8.18. The Hall–Kier alpha value is -2.84. The summed E-state index contributed by atoms with van der Waals surface area (Å²) in [6, 6.07) is 17.1. The number of carbonyl (C=O) groups is 1. The Kier molecular flexibility index (Phi) is 4.78. The molecule has 1 N–H and O–H groups in total. The number of carbonyl (C=O) groups excluding carboxylic acids is 1. The molecule has 1 fully saturated rings. The number of nitriles is 1. The van der Waals surface area contributed by atoms with E-state index in [4.69, 9.17) is 5.26 Å². The summed E-state index contributed by atoms with van der Waals surface area (Å²) < 4.78 is 0. The molecule has 3 rings (SSSR count). The van der Waals surface area contributed by atoms with Crippen LogP contribution in [0.5, 0.6) is 0 Å². The predicted octanol–water partition coefficient (Wildman–Crippen LogP) is 4.01. The van der Waals surface area contributed by atoms with Gasteiger partial charge in [-0.3, -0.25) is 4.79 Å². The van der Waals surface area contributed by atoms with Crippen LogP contribution in [0.2, 0.25) is 0 Å². The molecular weight excluding hydrogens is 318 g/mol. The fraction of sp³-hybridized carbons (Fsp3) is 0.105. The van der Waals surface area contributed by atoms with Crippen molar-refractivity contribution in [3.05, 3.63) is 70.1 Å². The van der Waals surface area contributed by atoms with Crippen molar-refractivity contribution in [2.75, 3.05) is 0 Å². The van der Waals surface area contributed by atoms with Gasteiger partial charge in [-0.1, -0.05) is 31.2 Å². The quantitative estimate of drug-likeness (QED) is 0.863. The van der Waals surface area contributed by atoms with Crippen LogP contribution in [-0.4, -0.2) is 11.1 Å². The van der Waals surface area contributed by atoms with Crippen molar-refractivity contribution in [3.63, 3.8) is 0 Å². The number of amides is 1. The lowest BCUT2D eigenvalue weighted by Gasteiger charge is -1.98. The number of nitrogens with one attached hydrogen (secondary N) is 1. The van der Waals surface area contributed by atoms with Gasteiger partial charge in [0.1, 0.15) is 0 Å². The standard InChI is InChI=1S/C19H15N3OS/c1-2-13-7-9-16(10-8-13)21-19-22-18(23)17(24-19)11-14-3-5-15(12-20)6-4-14/h3-11H,2H2,1H3,(H,21,22,23). The third kappa shape index (κ3) is 3.73. The first-order valence-electron chi connectivity index (χ1n) is 7.56. The number of benzene rings is 2. The lowest BCUT2D eigenvalue weighted by molar-refractivity contribution is -0.115. The van der Waals surface area contributed by atoms with Gasteiger partial charge in [-0.2, -0.15) is 5.26 Å². The minimum Gasteiger partial charge on any atom is -0.300 e. The second-order valence-corrected chi connectivity index (χ2v) is 6.27. The number of aryl methyl sites for hydroxylation is 1. The number of nitrogens with zero attached hydrogens (tertiary/aromatic N) is 2. The van der Waals surface area contributed by atoms with Crippen molar-refractivity contribution in [2.24, 2.45) is 4.99 Å². The van der Waals surface area contributed by atoms with Gasteiger partial charge in [-0.05, 0) is 59.7 Å².